The molecule has 1 N–H and O–H groups in total. The quantitative estimate of drug-likeness (QED) is 0.617. The molecule has 1 aliphatic rings. The van der Waals surface area contributed by atoms with Gasteiger partial charge in [-0.15, -0.1) is 0 Å². The van der Waals surface area contributed by atoms with Crippen molar-refractivity contribution in [3.8, 4) is 11.8 Å². The molecule has 0 aliphatic carbocycles. The lowest BCUT2D eigenvalue weighted by Crippen LogP contribution is -2.30. The molecule has 0 radical (unpaired) electrons. The molecule has 1 aliphatic heterocycles. The molecule has 7 heteroatoms. The van der Waals surface area contributed by atoms with Crippen molar-refractivity contribution in [2.24, 2.45) is 0 Å². The highest BCUT2D eigenvalue weighted by molar-refractivity contribution is 9.10. The van der Waals surface area contributed by atoms with Crippen molar-refractivity contribution >= 4 is 27.5 Å². The third-order valence-corrected chi connectivity index (χ3v) is 5.71. The van der Waals surface area contributed by atoms with Gasteiger partial charge in [-0.25, -0.2) is 4.98 Å². The zero-order valence-electron chi connectivity index (χ0n) is 16.2. The zero-order valence-corrected chi connectivity index (χ0v) is 17.8. The van der Waals surface area contributed by atoms with Gasteiger partial charge in [0.1, 0.15) is 11.8 Å². The van der Waals surface area contributed by atoms with Crippen LogP contribution in [0.3, 0.4) is 0 Å². The number of nitrogens with zero attached hydrogens (tertiary/aromatic N) is 4. The minimum Gasteiger partial charge on any atom is -0.508 e. The molecule has 146 valence electrons. The number of phenols is 1. The van der Waals surface area contributed by atoms with Gasteiger partial charge in [0.15, 0.2) is 10.4 Å². The average Bonchev–Trinajstić information content (AvgIpc) is 3.16. The van der Waals surface area contributed by atoms with Crippen LogP contribution >= 0.6 is 15.9 Å². The van der Waals surface area contributed by atoms with E-state index in [4.69, 9.17) is 0 Å². The maximum Gasteiger partial charge on any atom is 0.279 e. The molecule has 4 rings (SSSR count). The summed E-state index contributed by atoms with van der Waals surface area (Å²) in [7, 11) is 0. The van der Waals surface area contributed by atoms with Crippen molar-refractivity contribution in [2.75, 3.05) is 4.90 Å². The van der Waals surface area contributed by atoms with Crippen molar-refractivity contribution in [2.45, 2.75) is 32.9 Å². The van der Waals surface area contributed by atoms with Gasteiger partial charge >= 0.3 is 0 Å². The summed E-state index contributed by atoms with van der Waals surface area (Å²) in [5, 5.41) is 18.9. The molecule has 0 bridgehead atoms. The number of hydrogen-bond acceptors (Lipinski definition) is 4. The van der Waals surface area contributed by atoms with Gasteiger partial charge in [0.05, 0.1) is 17.3 Å². The zero-order chi connectivity index (χ0) is 20.9. The molecule has 3 aromatic rings. The highest BCUT2D eigenvalue weighted by atomic mass is 79.9. The van der Waals surface area contributed by atoms with Crippen molar-refractivity contribution < 1.29 is 9.90 Å². The Hall–Kier alpha value is -3.11. The maximum atomic E-state index is 13.5. The van der Waals surface area contributed by atoms with Gasteiger partial charge in [-0.3, -0.25) is 9.69 Å². The number of benzene rings is 2. The van der Waals surface area contributed by atoms with E-state index >= 15 is 0 Å². The summed E-state index contributed by atoms with van der Waals surface area (Å²) < 4.78 is 2.63. The molecule has 0 saturated carbocycles. The third-order valence-electron chi connectivity index (χ3n) is 5.15. The molecular formula is C22H19BrN4O2. The Morgan fingerprint density at radius 3 is 2.48 bits per heavy atom. The van der Waals surface area contributed by atoms with Gasteiger partial charge in [-0.1, -0.05) is 12.1 Å². The van der Waals surface area contributed by atoms with Crippen LogP contribution in [0.25, 0.3) is 0 Å². The van der Waals surface area contributed by atoms with Gasteiger partial charge in [0, 0.05) is 11.7 Å². The van der Waals surface area contributed by atoms with E-state index in [0.717, 1.165) is 22.5 Å². The summed E-state index contributed by atoms with van der Waals surface area (Å²) in [5.41, 5.74) is 4.20. The summed E-state index contributed by atoms with van der Waals surface area (Å²) in [6, 6.07) is 14.0. The minimum absolute atomic E-state index is 0.0926. The summed E-state index contributed by atoms with van der Waals surface area (Å²) in [6.07, 6.45) is 0. The van der Waals surface area contributed by atoms with Crippen molar-refractivity contribution in [1.29, 1.82) is 5.26 Å². The molecule has 0 saturated heterocycles. The fourth-order valence-electron chi connectivity index (χ4n) is 3.89. The normalized spacial score (nSPS) is 15.7. The van der Waals surface area contributed by atoms with Crippen LogP contribution in [-0.4, -0.2) is 20.6 Å². The number of nitriles is 1. The smallest absolute Gasteiger partial charge is 0.279 e. The largest absolute Gasteiger partial charge is 0.508 e. The van der Waals surface area contributed by atoms with Crippen LogP contribution < -0.4 is 4.90 Å². The van der Waals surface area contributed by atoms with Gasteiger partial charge in [0.2, 0.25) is 0 Å². The fraction of sp³-hybridized carbons (Fsp3) is 0.227. The molecule has 0 fully saturated rings. The van der Waals surface area contributed by atoms with E-state index in [-0.39, 0.29) is 17.7 Å². The molecule has 1 amide bonds. The van der Waals surface area contributed by atoms with E-state index in [2.05, 4.69) is 27.0 Å². The molecule has 6 nitrogen and oxygen atoms in total. The second-order valence-corrected chi connectivity index (χ2v) is 8.07. The number of carbonyl (C=O) groups excluding carboxylic acids is 1. The Morgan fingerprint density at radius 1 is 1.21 bits per heavy atom. The van der Waals surface area contributed by atoms with Crippen LogP contribution in [-0.2, 0) is 0 Å². The number of phenolic OH excluding ortho intramolecular Hbond substituents is 1. The number of anilines is 1. The number of fused-ring (bicyclic) bond motifs is 1. The van der Waals surface area contributed by atoms with Gasteiger partial charge in [-0.05, 0) is 78.2 Å². The summed E-state index contributed by atoms with van der Waals surface area (Å²) in [6.45, 7) is 5.97. The second kappa shape index (κ2) is 7.05. The Balaban J connectivity index is 1.97. The highest BCUT2D eigenvalue weighted by Gasteiger charge is 2.44. The second-order valence-electron chi connectivity index (χ2n) is 7.36. The van der Waals surface area contributed by atoms with E-state index in [9.17, 15) is 15.2 Å². The van der Waals surface area contributed by atoms with Gasteiger partial charge in [-0.2, -0.15) is 5.26 Å². The van der Waals surface area contributed by atoms with Crippen molar-refractivity contribution in [3.05, 3.63) is 75.3 Å². The van der Waals surface area contributed by atoms with Crippen LogP contribution in [0.2, 0.25) is 0 Å². The number of aromatic nitrogens is 2. The first-order chi connectivity index (χ1) is 13.8. The van der Waals surface area contributed by atoms with Crippen molar-refractivity contribution in [1.82, 2.24) is 9.55 Å². The number of aryl methyl sites for hydroxylation is 1. The maximum absolute atomic E-state index is 13.5. The lowest BCUT2D eigenvalue weighted by molar-refractivity contribution is 0.0989. The first-order valence-electron chi connectivity index (χ1n) is 9.24. The first-order valence-corrected chi connectivity index (χ1v) is 10.0. The third kappa shape index (κ3) is 3.00. The Bertz CT molecular complexity index is 1160. The number of aromatic hydroxyl groups is 1. The van der Waals surface area contributed by atoms with Crippen LogP contribution in [0, 0.1) is 18.3 Å². The van der Waals surface area contributed by atoms with E-state index in [1.54, 1.807) is 35.2 Å². The van der Waals surface area contributed by atoms with E-state index < -0.39 is 6.04 Å². The standard InChI is InChI=1S/C22H19BrN4O2/c1-12(2)26-20-18(25-22(26)23)21(29)27(17-9-4-14(11-24)10-13(17)3)19(20)15-5-7-16(28)8-6-15/h4-10,12,19,28H,1-3H3. The summed E-state index contributed by atoms with van der Waals surface area (Å²) >= 11 is 3.50. The topological polar surface area (TPSA) is 82.2 Å². The van der Waals surface area contributed by atoms with Gasteiger partial charge in [0.25, 0.3) is 5.91 Å². The number of rotatable bonds is 3. The minimum atomic E-state index is -0.397. The summed E-state index contributed by atoms with van der Waals surface area (Å²) in [4.78, 5) is 19.7. The molecule has 0 spiro atoms. The lowest BCUT2D eigenvalue weighted by atomic mass is 10.0. The number of amides is 1. The number of hydrogen-bond donors (Lipinski definition) is 1. The molecule has 1 aromatic heterocycles. The predicted octanol–water partition coefficient (Wildman–Crippen LogP) is 4.86. The van der Waals surface area contributed by atoms with Gasteiger partial charge < -0.3 is 9.67 Å². The molecule has 1 atom stereocenters. The molecular weight excluding hydrogens is 432 g/mol. The molecule has 1 unspecified atom stereocenters. The van der Waals surface area contributed by atoms with Crippen LogP contribution in [0.4, 0.5) is 5.69 Å². The predicted molar refractivity (Wildman–Crippen MR) is 113 cm³/mol. The average molecular weight is 451 g/mol. The highest BCUT2D eigenvalue weighted by Crippen LogP contribution is 2.44. The number of carbonyl (C=O) groups is 1. The number of imidazole rings is 1. The molecule has 2 aromatic carbocycles. The Kier molecular flexibility index (Phi) is 4.67. The monoisotopic (exact) mass is 450 g/mol. The first kappa shape index (κ1) is 19.2. The fourth-order valence-corrected chi connectivity index (χ4v) is 4.67. The van der Waals surface area contributed by atoms with Crippen LogP contribution in [0.5, 0.6) is 5.75 Å². The van der Waals surface area contributed by atoms with Crippen LogP contribution in [0.1, 0.15) is 58.8 Å². The molecule has 29 heavy (non-hydrogen) atoms. The van der Waals surface area contributed by atoms with E-state index in [1.165, 1.54) is 0 Å². The Morgan fingerprint density at radius 2 is 1.90 bits per heavy atom. The van der Waals surface area contributed by atoms with E-state index in [1.807, 2.05) is 37.5 Å². The van der Waals surface area contributed by atoms with Crippen molar-refractivity contribution in [3.63, 3.8) is 0 Å². The number of halogens is 1. The van der Waals surface area contributed by atoms with E-state index in [0.29, 0.717) is 16.0 Å². The SMILES string of the molecule is Cc1cc(C#N)ccc1N1C(=O)c2nc(Br)n(C(C)C)c2C1c1ccc(O)cc1. The lowest BCUT2D eigenvalue weighted by Gasteiger charge is -2.29. The summed E-state index contributed by atoms with van der Waals surface area (Å²) in [5.74, 6) is -0.0241. The molecule has 2 heterocycles. The van der Waals surface area contributed by atoms with Crippen LogP contribution in [0.15, 0.2) is 47.2 Å². The Labute approximate surface area is 177 Å².